The van der Waals surface area contributed by atoms with Crippen LogP contribution < -0.4 is 5.73 Å². The Morgan fingerprint density at radius 3 is 2.88 bits per heavy atom. The second-order valence-electron chi connectivity index (χ2n) is 3.90. The van der Waals surface area contributed by atoms with Gasteiger partial charge in [0.2, 0.25) is 0 Å². The monoisotopic (exact) mass is 247 g/mol. The summed E-state index contributed by atoms with van der Waals surface area (Å²) in [5.74, 6) is 0.664. The molecule has 5 nitrogen and oxygen atoms in total. The number of benzene rings is 1. The number of fused-ring (bicyclic) bond motifs is 1. The molecule has 0 radical (unpaired) electrons. The second-order valence-corrected chi connectivity index (χ2v) is 4.31. The Balaban J connectivity index is 2.24. The third kappa shape index (κ3) is 1.55. The molecule has 86 valence electrons. The van der Waals surface area contributed by atoms with Gasteiger partial charge in [-0.2, -0.15) is 5.10 Å². The molecule has 0 aliphatic carbocycles. The topological polar surface area (TPSA) is 83.4 Å². The lowest BCUT2D eigenvalue weighted by atomic mass is 10.2. The van der Waals surface area contributed by atoms with Crippen LogP contribution in [0.2, 0.25) is 5.02 Å². The fourth-order valence-corrected chi connectivity index (χ4v) is 1.90. The largest absolute Gasteiger partial charge is 0.396 e. The van der Waals surface area contributed by atoms with E-state index >= 15 is 0 Å². The number of aromatic amines is 2. The van der Waals surface area contributed by atoms with Crippen LogP contribution in [0.1, 0.15) is 5.56 Å². The minimum Gasteiger partial charge on any atom is -0.396 e. The summed E-state index contributed by atoms with van der Waals surface area (Å²) in [5, 5.41) is 7.38. The van der Waals surface area contributed by atoms with Crippen molar-refractivity contribution in [1.29, 1.82) is 0 Å². The zero-order chi connectivity index (χ0) is 12.0. The quantitative estimate of drug-likeness (QED) is 0.618. The Bertz CT molecular complexity index is 658. The van der Waals surface area contributed by atoms with Gasteiger partial charge in [-0.3, -0.25) is 5.10 Å². The van der Waals surface area contributed by atoms with Gasteiger partial charge in [0.1, 0.15) is 5.69 Å². The molecule has 1 aromatic carbocycles. The van der Waals surface area contributed by atoms with Gasteiger partial charge in [0.25, 0.3) is 0 Å². The third-order valence-electron chi connectivity index (χ3n) is 2.67. The predicted molar refractivity (Wildman–Crippen MR) is 67.8 cm³/mol. The van der Waals surface area contributed by atoms with Crippen LogP contribution in [0.3, 0.4) is 0 Å². The summed E-state index contributed by atoms with van der Waals surface area (Å²) in [6.07, 6.45) is 1.56. The first kappa shape index (κ1) is 10.2. The van der Waals surface area contributed by atoms with Crippen LogP contribution >= 0.6 is 11.6 Å². The van der Waals surface area contributed by atoms with E-state index in [9.17, 15) is 0 Å². The number of aryl methyl sites for hydroxylation is 1. The Labute approximate surface area is 102 Å². The van der Waals surface area contributed by atoms with Gasteiger partial charge in [-0.25, -0.2) is 4.98 Å². The molecule has 0 amide bonds. The van der Waals surface area contributed by atoms with Crippen molar-refractivity contribution in [2.75, 3.05) is 5.73 Å². The molecule has 6 heteroatoms. The second kappa shape index (κ2) is 3.49. The molecule has 0 atom stereocenters. The predicted octanol–water partition coefficient (Wildman–Crippen LogP) is 2.50. The normalized spacial score (nSPS) is 11.2. The van der Waals surface area contributed by atoms with Crippen LogP contribution in [0.25, 0.3) is 22.6 Å². The van der Waals surface area contributed by atoms with Gasteiger partial charge in [0.15, 0.2) is 5.82 Å². The highest BCUT2D eigenvalue weighted by Crippen LogP contribution is 2.26. The van der Waals surface area contributed by atoms with Gasteiger partial charge in [0.05, 0.1) is 22.9 Å². The van der Waals surface area contributed by atoms with Crippen molar-refractivity contribution in [1.82, 2.24) is 20.2 Å². The molecule has 0 aliphatic heterocycles. The van der Waals surface area contributed by atoms with Crippen molar-refractivity contribution in [3.8, 4) is 11.5 Å². The molecular formula is C11H10ClN5. The number of H-pyrrole nitrogens is 2. The van der Waals surface area contributed by atoms with Crippen molar-refractivity contribution >= 4 is 28.3 Å². The number of imidazole rings is 1. The molecule has 0 aliphatic rings. The molecular weight excluding hydrogens is 238 g/mol. The number of hydrogen-bond donors (Lipinski definition) is 3. The fourth-order valence-electron chi connectivity index (χ4n) is 1.74. The van der Waals surface area contributed by atoms with E-state index < -0.39 is 0 Å². The highest BCUT2D eigenvalue weighted by atomic mass is 35.5. The molecule has 3 rings (SSSR count). The number of aromatic nitrogens is 4. The minimum absolute atomic E-state index is 0.562. The van der Waals surface area contributed by atoms with Gasteiger partial charge in [-0.1, -0.05) is 11.6 Å². The van der Waals surface area contributed by atoms with Crippen LogP contribution in [0, 0.1) is 6.92 Å². The maximum absolute atomic E-state index is 6.05. The lowest BCUT2D eigenvalue weighted by Gasteiger charge is -1.95. The first-order valence-electron chi connectivity index (χ1n) is 5.10. The van der Waals surface area contributed by atoms with E-state index in [0.717, 1.165) is 16.6 Å². The first-order chi connectivity index (χ1) is 8.15. The number of hydrogen-bond acceptors (Lipinski definition) is 3. The van der Waals surface area contributed by atoms with Crippen LogP contribution in [-0.4, -0.2) is 20.2 Å². The average Bonchev–Trinajstić information content (AvgIpc) is 2.85. The van der Waals surface area contributed by atoms with Crippen molar-refractivity contribution in [2.45, 2.75) is 6.92 Å². The number of nitrogens with two attached hydrogens (primary N) is 1. The van der Waals surface area contributed by atoms with Gasteiger partial charge in [0, 0.05) is 5.02 Å². The number of nitrogen functional groups attached to an aromatic ring is 1. The molecule has 2 heterocycles. The van der Waals surface area contributed by atoms with Crippen LogP contribution in [0.4, 0.5) is 5.69 Å². The molecule has 0 saturated carbocycles. The van der Waals surface area contributed by atoms with E-state index in [1.807, 2.05) is 19.1 Å². The van der Waals surface area contributed by atoms with Crippen molar-refractivity contribution < 1.29 is 0 Å². The van der Waals surface area contributed by atoms with Crippen LogP contribution in [-0.2, 0) is 0 Å². The summed E-state index contributed by atoms with van der Waals surface area (Å²) in [6, 6.07) is 3.79. The zero-order valence-electron chi connectivity index (χ0n) is 9.08. The van der Waals surface area contributed by atoms with Crippen molar-refractivity contribution in [3.63, 3.8) is 0 Å². The minimum atomic E-state index is 0.562. The SMILES string of the molecule is Cc1cc2[nH]c(-c3[nH]ncc3N)nc2cc1Cl. The maximum Gasteiger partial charge on any atom is 0.158 e. The Hall–Kier alpha value is -2.01. The number of anilines is 1. The number of nitrogens with one attached hydrogen (secondary N) is 2. The van der Waals surface area contributed by atoms with Crippen LogP contribution in [0.15, 0.2) is 18.3 Å². The zero-order valence-corrected chi connectivity index (χ0v) is 9.84. The summed E-state index contributed by atoms with van der Waals surface area (Å²) in [4.78, 5) is 7.61. The standard InChI is InChI=1S/C11H10ClN5/c1-5-2-8-9(3-6(5)12)16-11(15-8)10-7(13)4-14-17-10/h2-4H,13H2,1H3,(H,14,17)(H,15,16). The van der Waals surface area contributed by atoms with E-state index in [4.69, 9.17) is 17.3 Å². The van der Waals surface area contributed by atoms with E-state index in [-0.39, 0.29) is 0 Å². The lowest BCUT2D eigenvalue weighted by molar-refractivity contribution is 1.08. The van der Waals surface area contributed by atoms with Gasteiger partial charge in [-0.05, 0) is 24.6 Å². The van der Waals surface area contributed by atoms with Gasteiger partial charge < -0.3 is 10.7 Å². The Kier molecular flexibility index (Phi) is 2.09. The molecule has 2 aromatic heterocycles. The van der Waals surface area contributed by atoms with Crippen molar-refractivity contribution in [2.24, 2.45) is 0 Å². The van der Waals surface area contributed by atoms with Gasteiger partial charge >= 0.3 is 0 Å². The average molecular weight is 248 g/mol. The summed E-state index contributed by atoms with van der Waals surface area (Å²) in [6.45, 7) is 1.95. The maximum atomic E-state index is 6.05. The van der Waals surface area contributed by atoms with E-state index in [1.54, 1.807) is 6.20 Å². The smallest absolute Gasteiger partial charge is 0.158 e. The van der Waals surface area contributed by atoms with Crippen molar-refractivity contribution in [3.05, 3.63) is 28.9 Å². The van der Waals surface area contributed by atoms with E-state index in [2.05, 4.69) is 20.2 Å². The Morgan fingerprint density at radius 1 is 1.35 bits per heavy atom. The van der Waals surface area contributed by atoms with Gasteiger partial charge in [-0.15, -0.1) is 0 Å². The molecule has 17 heavy (non-hydrogen) atoms. The van der Waals surface area contributed by atoms with Crippen LogP contribution in [0.5, 0.6) is 0 Å². The molecule has 0 saturated heterocycles. The molecule has 4 N–H and O–H groups in total. The molecule has 0 fully saturated rings. The number of nitrogens with zero attached hydrogens (tertiary/aromatic N) is 2. The summed E-state index contributed by atoms with van der Waals surface area (Å²) < 4.78 is 0. The fraction of sp³-hybridized carbons (Fsp3) is 0.0909. The molecule has 0 unspecified atom stereocenters. The summed E-state index contributed by atoms with van der Waals surface area (Å²) in [5.41, 5.74) is 9.77. The molecule has 0 bridgehead atoms. The summed E-state index contributed by atoms with van der Waals surface area (Å²) in [7, 11) is 0. The highest BCUT2D eigenvalue weighted by Gasteiger charge is 2.11. The third-order valence-corrected chi connectivity index (χ3v) is 3.07. The van der Waals surface area contributed by atoms with E-state index in [1.165, 1.54) is 0 Å². The molecule has 3 aromatic rings. The Morgan fingerprint density at radius 2 is 2.18 bits per heavy atom. The molecule has 0 spiro atoms. The highest BCUT2D eigenvalue weighted by molar-refractivity contribution is 6.32. The lowest BCUT2D eigenvalue weighted by Crippen LogP contribution is -1.87. The van der Waals surface area contributed by atoms with E-state index in [0.29, 0.717) is 22.2 Å². The first-order valence-corrected chi connectivity index (χ1v) is 5.48. The number of halogens is 1. The number of rotatable bonds is 1. The summed E-state index contributed by atoms with van der Waals surface area (Å²) >= 11 is 6.05.